The van der Waals surface area contributed by atoms with E-state index in [2.05, 4.69) is 5.32 Å². The van der Waals surface area contributed by atoms with Crippen LogP contribution in [0, 0.1) is 0 Å². The molecule has 0 radical (unpaired) electrons. The van der Waals surface area contributed by atoms with Gasteiger partial charge in [0.15, 0.2) is 0 Å². The minimum Gasteiger partial charge on any atom is -0.394 e. The van der Waals surface area contributed by atoms with Crippen molar-refractivity contribution in [2.24, 2.45) is 0 Å². The quantitative estimate of drug-likeness (QED) is 0.839. The van der Waals surface area contributed by atoms with Gasteiger partial charge in [0.2, 0.25) is 11.8 Å². The highest BCUT2D eigenvalue weighted by atomic mass is 16.5. The van der Waals surface area contributed by atoms with Gasteiger partial charge in [0.05, 0.1) is 26.2 Å². The number of fused-ring (bicyclic) bond motifs is 1. The first kappa shape index (κ1) is 17.4. The van der Waals surface area contributed by atoms with Gasteiger partial charge < -0.3 is 20.1 Å². The number of aliphatic hydroxyl groups is 1. The number of nitrogens with one attached hydrogen (secondary N) is 1. The van der Waals surface area contributed by atoms with Gasteiger partial charge in [-0.05, 0) is 16.3 Å². The molecule has 25 heavy (non-hydrogen) atoms. The maximum Gasteiger partial charge on any atom is 0.247 e. The number of amides is 2. The number of benzene rings is 2. The van der Waals surface area contributed by atoms with Crippen LogP contribution in [0.2, 0.25) is 0 Å². The molecular weight excluding hydrogens is 320 g/mol. The van der Waals surface area contributed by atoms with Crippen LogP contribution in [0.1, 0.15) is 5.56 Å². The smallest absolute Gasteiger partial charge is 0.247 e. The Bertz CT molecular complexity index is 751. The largest absolute Gasteiger partial charge is 0.394 e. The van der Waals surface area contributed by atoms with Crippen molar-refractivity contribution in [2.75, 3.05) is 32.9 Å². The fraction of sp³-hybridized carbons (Fsp3) is 0.368. The zero-order valence-corrected chi connectivity index (χ0v) is 14.0. The summed E-state index contributed by atoms with van der Waals surface area (Å²) in [6, 6.07) is 12.7. The number of hydrogen-bond acceptors (Lipinski definition) is 4. The molecule has 2 aromatic carbocycles. The van der Waals surface area contributed by atoms with Gasteiger partial charge in [-0.15, -0.1) is 0 Å². The van der Waals surface area contributed by atoms with Crippen molar-refractivity contribution in [3.63, 3.8) is 0 Å². The molecule has 1 heterocycles. The Hall–Kier alpha value is -2.44. The Morgan fingerprint density at radius 3 is 2.60 bits per heavy atom. The molecule has 2 N–H and O–H groups in total. The van der Waals surface area contributed by atoms with Crippen LogP contribution in [0.15, 0.2) is 42.5 Å². The van der Waals surface area contributed by atoms with Crippen LogP contribution in [-0.4, -0.2) is 60.8 Å². The summed E-state index contributed by atoms with van der Waals surface area (Å²) < 4.78 is 5.22. The summed E-state index contributed by atoms with van der Waals surface area (Å²) in [5.74, 6) is -0.547. The van der Waals surface area contributed by atoms with Crippen LogP contribution < -0.4 is 5.32 Å². The van der Waals surface area contributed by atoms with Crippen molar-refractivity contribution in [2.45, 2.75) is 12.5 Å². The van der Waals surface area contributed by atoms with E-state index in [1.807, 2.05) is 42.5 Å². The van der Waals surface area contributed by atoms with Crippen molar-refractivity contribution < 1.29 is 19.4 Å². The number of hydrogen-bond donors (Lipinski definition) is 2. The summed E-state index contributed by atoms with van der Waals surface area (Å²) in [6.45, 7) is 1.50. The Morgan fingerprint density at radius 1 is 1.12 bits per heavy atom. The first-order chi connectivity index (χ1) is 12.2. The Morgan fingerprint density at radius 2 is 1.84 bits per heavy atom. The first-order valence-corrected chi connectivity index (χ1v) is 8.42. The number of carbonyl (C=O) groups is 2. The topological polar surface area (TPSA) is 78.9 Å². The summed E-state index contributed by atoms with van der Waals surface area (Å²) in [4.78, 5) is 26.4. The standard InChI is InChI=1S/C19H22N2O4/c22-13-17(19(24)21-8-10-25-11-9-21)20-18(23)12-15-6-3-5-14-4-1-2-7-16(14)15/h1-7,17,22H,8-13H2,(H,20,23)/t17-/m0/s1. The van der Waals surface area contributed by atoms with Crippen molar-refractivity contribution in [3.8, 4) is 0 Å². The number of carbonyl (C=O) groups excluding carboxylic acids is 2. The van der Waals surface area contributed by atoms with Gasteiger partial charge in [-0.2, -0.15) is 0 Å². The van der Waals surface area contributed by atoms with Gasteiger partial charge in [0.25, 0.3) is 0 Å². The van der Waals surface area contributed by atoms with E-state index >= 15 is 0 Å². The van der Waals surface area contributed by atoms with E-state index in [0.717, 1.165) is 16.3 Å². The summed E-state index contributed by atoms with van der Waals surface area (Å²) in [5, 5.41) is 14.3. The lowest BCUT2D eigenvalue weighted by Crippen LogP contribution is -2.53. The van der Waals surface area contributed by atoms with E-state index in [1.165, 1.54) is 0 Å². The van der Waals surface area contributed by atoms with Crippen molar-refractivity contribution in [1.29, 1.82) is 0 Å². The second-order valence-corrected chi connectivity index (χ2v) is 6.06. The number of aliphatic hydroxyl groups excluding tert-OH is 1. The molecular formula is C19H22N2O4. The van der Waals surface area contributed by atoms with Crippen LogP contribution in [0.25, 0.3) is 10.8 Å². The van der Waals surface area contributed by atoms with Crippen LogP contribution in [0.3, 0.4) is 0 Å². The molecule has 0 bridgehead atoms. The van der Waals surface area contributed by atoms with Crippen molar-refractivity contribution >= 4 is 22.6 Å². The number of rotatable bonds is 5. The molecule has 1 fully saturated rings. The summed E-state index contributed by atoms with van der Waals surface area (Å²) in [5.41, 5.74) is 0.895. The van der Waals surface area contributed by atoms with Crippen LogP contribution in [-0.2, 0) is 20.7 Å². The lowest BCUT2D eigenvalue weighted by molar-refractivity contribution is -0.140. The highest BCUT2D eigenvalue weighted by Crippen LogP contribution is 2.18. The molecule has 1 atom stereocenters. The molecule has 1 aliphatic rings. The molecule has 6 heteroatoms. The molecule has 2 amide bonds. The van der Waals surface area contributed by atoms with Gasteiger partial charge in [-0.25, -0.2) is 0 Å². The molecule has 3 rings (SSSR count). The average molecular weight is 342 g/mol. The van der Waals surface area contributed by atoms with E-state index in [0.29, 0.717) is 26.3 Å². The lowest BCUT2D eigenvalue weighted by atomic mass is 10.0. The van der Waals surface area contributed by atoms with Crippen LogP contribution in [0.5, 0.6) is 0 Å². The SMILES string of the molecule is O=C(Cc1cccc2ccccc12)N[C@@H](CO)C(=O)N1CCOCC1. The van der Waals surface area contributed by atoms with E-state index in [-0.39, 0.29) is 18.2 Å². The Balaban J connectivity index is 1.66. The third-order valence-corrected chi connectivity index (χ3v) is 4.37. The molecule has 1 saturated heterocycles. The van der Waals surface area contributed by atoms with Gasteiger partial charge in [-0.3, -0.25) is 9.59 Å². The van der Waals surface area contributed by atoms with Crippen molar-refractivity contribution in [3.05, 3.63) is 48.0 Å². The monoisotopic (exact) mass is 342 g/mol. The van der Waals surface area contributed by atoms with E-state index in [1.54, 1.807) is 4.90 Å². The molecule has 1 aliphatic heterocycles. The molecule has 6 nitrogen and oxygen atoms in total. The molecule has 0 aromatic heterocycles. The van der Waals surface area contributed by atoms with Crippen LogP contribution >= 0.6 is 0 Å². The van der Waals surface area contributed by atoms with Gasteiger partial charge >= 0.3 is 0 Å². The minimum atomic E-state index is -0.916. The summed E-state index contributed by atoms with van der Waals surface area (Å²) in [6.07, 6.45) is 0.161. The molecule has 0 unspecified atom stereocenters. The summed E-state index contributed by atoms with van der Waals surface area (Å²) >= 11 is 0. The highest BCUT2D eigenvalue weighted by molar-refractivity contribution is 5.92. The fourth-order valence-corrected chi connectivity index (χ4v) is 3.05. The maximum atomic E-state index is 12.4. The van der Waals surface area contributed by atoms with Gasteiger partial charge in [-0.1, -0.05) is 42.5 Å². The molecule has 0 aliphatic carbocycles. The molecule has 0 saturated carbocycles. The Labute approximate surface area is 146 Å². The predicted octanol–water partition coefficient (Wildman–Crippen LogP) is 0.718. The Kier molecular flexibility index (Phi) is 5.63. The fourth-order valence-electron chi connectivity index (χ4n) is 3.05. The third kappa shape index (κ3) is 4.15. The maximum absolute atomic E-state index is 12.4. The normalized spacial score (nSPS) is 15.8. The average Bonchev–Trinajstić information content (AvgIpc) is 2.66. The lowest BCUT2D eigenvalue weighted by Gasteiger charge is -2.30. The predicted molar refractivity (Wildman–Crippen MR) is 94.1 cm³/mol. The van der Waals surface area contributed by atoms with E-state index < -0.39 is 12.6 Å². The third-order valence-electron chi connectivity index (χ3n) is 4.37. The second kappa shape index (κ2) is 8.09. The highest BCUT2D eigenvalue weighted by Gasteiger charge is 2.26. The zero-order valence-electron chi connectivity index (χ0n) is 14.0. The van der Waals surface area contributed by atoms with E-state index in [9.17, 15) is 14.7 Å². The van der Waals surface area contributed by atoms with Gasteiger partial charge in [0, 0.05) is 13.1 Å². The van der Waals surface area contributed by atoms with Crippen molar-refractivity contribution in [1.82, 2.24) is 10.2 Å². The van der Waals surface area contributed by atoms with Crippen LogP contribution in [0.4, 0.5) is 0 Å². The first-order valence-electron chi connectivity index (χ1n) is 8.42. The molecule has 132 valence electrons. The molecule has 0 spiro atoms. The number of ether oxygens (including phenoxy) is 1. The number of nitrogens with zero attached hydrogens (tertiary/aromatic N) is 1. The second-order valence-electron chi connectivity index (χ2n) is 6.06. The summed E-state index contributed by atoms with van der Waals surface area (Å²) in [7, 11) is 0. The minimum absolute atomic E-state index is 0.161. The zero-order chi connectivity index (χ0) is 17.6. The molecule has 2 aromatic rings. The van der Waals surface area contributed by atoms with Gasteiger partial charge in [0.1, 0.15) is 6.04 Å². The van der Waals surface area contributed by atoms with E-state index in [4.69, 9.17) is 4.74 Å². The number of morpholine rings is 1.